The van der Waals surface area contributed by atoms with E-state index in [2.05, 4.69) is 0 Å². The van der Waals surface area contributed by atoms with Crippen molar-refractivity contribution in [2.75, 3.05) is 0 Å². The summed E-state index contributed by atoms with van der Waals surface area (Å²) >= 11 is 0. The normalized spacial score (nSPS) is 11.3. The Hall–Kier alpha value is -4.19. The van der Waals surface area contributed by atoms with Crippen molar-refractivity contribution in [1.29, 1.82) is 0 Å². The lowest BCUT2D eigenvalue weighted by atomic mass is 10.1. The maximum atomic E-state index is 12.4. The van der Waals surface area contributed by atoms with Crippen molar-refractivity contribution in [3.63, 3.8) is 0 Å². The highest BCUT2D eigenvalue weighted by atomic mass is 16.6. The van der Waals surface area contributed by atoms with Crippen LogP contribution >= 0.6 is 0 Å². The number of esters is 2. The molecule has 0 aliphatic rings. The number of fused-ring (bicyclic) bond motifs is 1. The van der Waals surface area contributed by atoms with Crippen LogP contribution in [0.5, 0.6) is 5.75 Å². The molecular formula is C28H25NO5. The zero-order valence-corrected chi connectivity index (χ0v) is 19.3. The van der Waals surface area contributed by atoms with Crippen LogP contribution in [0, 0.1) is 0 Å². The van der Waals surface area contributed by atoms with Gasteiger partial charge < -0.3 is 14.0 Å². The van der Waals surface area contributed by atoms with Crippen molar-refractivity contribution < 1.29 is 23.9 Å². The number of rotatable bonds is 6. The van der Waals surface area contributed by atoms with Crippen LogP contribution in [-0.4, -0.2) is 28.4 Å². The molecule has 6 heteroatoms. The highest BCUT2D eigenvalue weighted by molar-refractivity contribution is 5.99. The molecule has 0 radical (unpaired) electrons. The standard InChI is InChI=1S/C28H25NO5/c1-28(2,3)34-27(32)21-11-9-19(10-12-21)16-29-17-22(18-30)24-15-23(13-14-25(24)29)33-26(31)20-7-5-4-6-8-20/h4-15,17-18H,16H2,1-3H3. The molecule has 0 fully saturated rings. The molecule has 0 N–H and O–H groups in total. The van der Waals surface area contributed by atoms with Crippen molar-refractivity contribution in [1.82, 2.24) is 4.57 Å². The Bertz CT molecular complexity index is 1350. The van der Waals surface area contributed by atoms with Gasteiger partial charge in [0.2, 0.25) is 0 Å². The molecule has 0 aliphatic heterocycles. The smallest absolute Gasteiger partial charge is 0.343 e. The summed E-state index contributed by atoms with van der Waals surface area (Å²) in [5, 5.41) is 0.693. The van der Waals surface area contributed by atoms with Crippen molar-refractivity contribution in [3.05, 3.63) is 101 Å². The molecule has 0 saturated heterocycles. The van der Waals surface area contributed by atoms with Crippen LogP contribution < -0.4 is 4.74 Å². The first-order chi connectivity index (χ1) is 16.2. The van der Waals surface area contributed by atoms with E-state index in [1.54, 1.807) is 54.7 Å². The van der Waals surface area contributed by atoms with Gasteiger partial charge in [-0.05, 0) is 68.8 Å². The van der Waals surface area contributed by atoms with E-state index < -0.39 is 11.6 Å². The minimum Gasteiger partial charge on any atom is -0.456 e. The van der Waals surface area contributed by atoms with E-state index in [1.165, 1.54) is 0 Å². The Morgan fingerprint density at radius 1 is 0.882 bits per heavy atom. The number of aldehydes is 1. The number of hydrogen-bond donors (Lipinski definition) is 0. The molecule has 0 unspecified atom stereocenters. The molecule has 4 aromatic rings. The van der Waals surface area contributed by atoms with Gasteiger partial charge in [-0.1, -0.05) is 30.3 Å². The van der Waals surface area contributed by atoms with Crippen LogP contribution in [0.4, 0.5) is 0 Å². The van der Waals surface area contributed by atoms with Gasteiger partial charge in [-0.2, -0.15) is 0 Å². The fraction of sp³-hybridized carbons (Fsp3) is 0.179. The third-order valence-corrected chi connectivity index (χ3v) is 5.17. The highest BCUT2D eigenvalue weighted by Crippen LogP contribution is 2.27. The molecule has 1 heterocycles. The molecule has 1 aromatic heterocycles. The molecule has 172 valence electrons. The van der Waals surface area contributed by atoms with Gasteiger partial charge in [-0.3, -0.25) is 4.79 Å². The third kappa shape index (κ3) is 5.23. The molecule has 0 saturated carbocycles. The Morgan fingerprint density at radius 3 is 2.21 bits per heavy atom. The van der Waals surface area contributed by atoms with E-state index in [0.29, 0.717) is 34.4 Å². The van der Waals surface area contributed by atoms with Gasteiger partial charge in [-0.25, -0.2) is 9.59 Å². The molecule has 34 heavy (non-hydrogen) atoms. The number of aromatic nitrogens is 1. The molecule has 4 rings (SSSR count). The Balaban J connectivity index is 1.55. The summed E-state index contributed by atoms with van der Waals surface area (Å²) in [5.74, 6) is -0.465. The maximum Gasteiger partial charge on any atom is 0.343 e. The molecule has 6 nitrogen and oxygen atoms in total. The average Bonchev–Trinajstić information content (AvgIpc) is 3.15. The van der Waals surface area contributed by atoms with Crippen LogP contribution in [-0.2, 0) is 11.3 Å². The lowest BCUT2D eigenvalue weighted by molar-refractivity contribution is 0.00692. The van der Waals surface area contributed by atoms with Crippen LogP contribution in [0.2, 0.25) is 0 Å². The van der Waals surface area contributed by atoms with E-state index >= 15 is 0 Å². The van der Waals surface area contributed by atoms with Gasteiger partial charge in [0.25, 0.3) is 0 Å². The second-order valence-corrected chi connectivity index (χ2v) is 8.96. The van der Waals surface area contributed by atoms with E-state index in [-0.39, 0.29) is 5.97 Å². The summed E-state index contributed by atoms with van der Waals surface area (Å²) < 4.78 is 12.9. The largest absolute Gasteiger partial charge is 0.456 e. The van der Waals surface area contributed by atoms with Gasteiger partial charge in [-0.15, -0.1) is 0 Å². The molecule has 0 aliphatic carbocycles. The lowest BCUT2D eigenvalue weighted by Crippen LogP contribution is -2.23. The van der Waals surface area contributed by atoms with Crippen molar-refractivity contribution in [3.8, 4) is 5.75 Å². The number of carbonyl (C=O) groups is 3. The zero-order chi connectivity index (χ0) is 24.3. The number of ether oxygens (including phenoxy) is 2. The Kier molecular flexibility index (Phi) is 6.32. The van der Waals surface area contributed by atoms with Crippen LogP contribution in [0.25, 0.3) is 10.9 Å². The van der Waals surface area contributed by atoms with E-state index in [1.807, 2.05) is 49.6 Å². The van der Waals surface area contributed by atoms with Crippen molar-refractivity contribution in [2.45, 2.75) is 32.9 Å². The first kappa shape index (κ1) is 23.0. The van der Waals surface area contributed by atoms with Crippen LogP contribution in [0.3, 0.4) is 0 Å². The molecule has 3 aromatic carbocycles. The lowest BCUT2D eigenvalue weighted by Gasteiger charge is -2.19. The van der Waals surface area contributed by atoms with E-state index in [0.717, 1.165) is 17.4 Å². The van der Waals surface area contributed by atoms with Crippen LogP contribution in [0.15, 0.2) is 79.0 Å². The molecular weight excluding hydrogens is 430 g/mol. The van der Waals surface area contributed by atoms with Gasteiger partial charge in [0.1, 0.15) is 11.4 Å². The monoisotopic (exact) mass is 455 g/mol. The van der Waals surface area contributed by atoms with E-state index in [4.69, 9.17) is 9.47 Å². The predicted octanol–water partition coefficient (Wildman–Crippen LogP) is 5.68. The van der Waals surface area contributed by atoms with Crippen molar-refractivity contribution in [2.24, 2.45) is 0 Å². The van der Waals surface area contributed by atoms with Gasteiger partial charge in [0.15, 0.2) is 6.29 Å². The minimum atomic E-state index is -0.556. The minimum absolute atomic E-state index is 0.365. The first-order valence-electron chi connectivity index (χ1n) is 10.9. The second kappa shape index (κ2) is 9.35. The van der Waals surface area contributed by atoms with Crippen molar-refractivity contribution >= 4 is 29.1 Å². The summed E-state index contributed by atoms with van der Waals surface area (Å²) in [7, 11) is 0. The summed E-state index contributed by atoms with van der Waals surface area (Å²) in [6.45, 7) is 5.99. The van der Waals surface area contributed by atoms with Gasteiger partial charge in [0, 0.05) is 29.2 Å². The molecule has 0 amide bonds. The Labute approximate surface area is 197 Å². The second-order valence-electron chi connectivity index (χ2n) is 8.96. The molecule has 0 atom stereocenters. The Morgan fingerprint density at radius 2 is 1.56 bits per heavy atom. The first-order valence-corrected chi connectivity index (χ1v) is 10.9. The summed E-state index contributed by atoms with van der Waals surface area (Å²) in [5.41, 5.74) is 2.66. The van der Waals surface area contributed by atoms with E-state index in [9.17, 15) is 14.4 Å². The SMILES string of the molecule is CC(C)(C)OC(=O)c1ccc(Cn2cc(C=O)c3cc(OC(=O)c4ccccc4)ccc32)cc1. The summed E-state index contributed by atoms with van der Waals surface area (Å²) in [6.07, 6.45) is 2.55. The topological polar surface area (TPSA) is 74.6 Å². The number of nitrogens with zero attached hydrogens (tertiary/aromatic N) is 1. The number of carbonyl (C=O) groups excluding carboxylic acids is 3. The average molecular weight is 456 g/mol. The maximum absolute atomic E-state index is 12.4. The molecule has 0 spiro atoms. The fourth-order valence-electron chi connectivity index (χ4n) is 3.61. The van der Waals surface area contributed by atoms with Crippen LogP contribution in [0.1, 0.15) is 57.4 Å². The predicted molar refractivity (Wildman–Crippen MR) is 129 cm³/mol. The highest BCUT2D eigenvalue weighted by Gasteiger charge is 2.18. The zero-order valence-electron chi connectivity index (χ0n) is 19.3. The fourth-order valence-corrected chi connectivity index (χ4v) is 3.61. The van der Waals surface area contributed by atoms with Gasteiger partial charge >= 0.3 is 11.9 Å². The number of hydrogen-bond acceptors (Lipinski definition) is 5. The molecule has 0 bridgehead atoms. The summed E-state index contributed by atoms with van der Waals surface area (Å²) in [6, 6.07) is 21.1. The quantitative estimate of drug-likeness (QED) is 0.213. The third-order valence-electron chi connectivity index (χ3n) is 5.17. The number of benzene rings is 3. The van der Waals surface area contributed by atoms with Gasteiger partial charge in [0.05, 0.1) is 11.1 Å². The summed E-state index contributed by atoms with van der Waals surface area (Å²) in [4.78, 5) is 36.3.